The minimum absolute atomic E-state index is 0.0892. The number of nitrogens with zero attached hydrogens (tertiary/aromatic N) is 1. The zero-order valence-corrected chi connectivity index (χ0v) is 13.4. The van der Waals surface area contributed by atoms with E-state index in [0.29, 0.717) is 13.1 Å². The molecular formula is C16H20N2O2S. The number of para-hydroxylation sites is 1. The molecule has 0 radical (unpaired) electrons. The number of rotatable bonds is 5. The number of nitrogens with one attached hydrogen (secondary N) is 1. The lowest BCUT2D eigenvalue weighted by Gasteiger charge is -2.18. The van der Waals surface area contributed by atoms with Crippen LogP contribution in [0.3, 0.4) is 0 Å². The summed E-state index contributed by atoms with van der Waals surface area (Å²) in [6.45, 7) is 3.14. The zero-order chi connectivity index (χ0) is 15.2. The van der Waals surface area contributed by atoms with Crippen LogP contribution in [0.1, 0.15) is 16.0 Å². The normalized spacial score (nSPS) is 10.2. The highest BCUT2D eigenvalue weighted by molar-refractivity contribution is 7.10. The molecule has 5 heteroatoms. The molecule has 1 aromatic carbocycles. The van der Waals surface area contributed by atoms with Gasteiger partial charge in [-0.15, -0.1) is 11.3 Å². The van der Waals surface area contributed by atoms with Crippen molar-refractivity contribution in [3.05, 3.63) is 51.7 Å². The van der Waals surface area contributed by atoms with E-state index in [4.69, 9.17) is 4.74 Å². The Labute approximate surface area is 129 Å². The Kier molecular flexibility index (Phi) is 5.22. The van der Waals surface area contributed by atoms with Crippen LogP contribution in [0.5, 0.6) is 5.75 Å². The molecule has 112 valence electrons. The first-order valence-electron chi connectivity index (χ1n) is 6.75. The Morgan fingerprint density at radius 2 is 2.10 bits per heavy atom. The molecule has 2 amide bonds. The monoisotopic (exact) mass is 304 g/mol. The average molecular weight is 304 g/mol. The summed E-state index contributed by atoms with van der Waals surface area (Å²) in [7, 11) is 3.43. The van der Waals surface area contributed by atoms with Crippen molar-refractivity contribution in [3.63, 3.8) is 0 Å². The second-order valence-corrected chi connectivity index (χ2v) is 5.85. The van der Waals surface area contributed by atoms with Gasteiger partial charge in [0.2, 0.25) is 0 Å². The number of carbonyl (C=O) groups is 1. The van der Waals surface area contributed by atoms with E-state index >= 15 is 0 Å². The summed E-state index contributed by atoms with van der Waals surface area (Å²) in [5.74, 6) is 0.787. The Morgan fingerprint density at radius 1 is 1.33 bits per heavy atom. The quantitative estimate of drug-likeness (QED) is 0.920. The van der Waals surface area contributed by atoms with Crippen LogP contribution in [0.4, 0.5) is 4.79 Å². The second kappa shape index (κ2) is 7.13. The van der Waals surface area contributed by atoms with Crippen molar-refractivity contribution >= 4 is 17.4 Å². The summed E-state index contributed by atoms with van der Waals surface area (Å²) >= 11 is 1.67. The predicted octanol–water partition coefficient (Wildman–Crippen LogP) is 3.41. The molecule has 1 aromatic heterocycles. The maximum Gasteiger partial charge on any atom is 0.317 e. The third-order valence-electron chi connectivity index (χ3n) is 3.32. The fourth-order valence-corrected chi connectivity index (χ4v) is 2.97. The van der Waals surface area contributed by atoms with E-state index in [1.165, 1.54) is 10.4 Å². The molecule has 0 saturated carbocycles. The molecule has 1 heterocycles. The van der Waals surface area contributed by atoms with E-state index in [1.54, 1.807) is 30.4 Å². The fraction of sp³-hybridized carbons (Fsp3) is 0.312. The van der Waals surface area contributed by atoms with Gasteiger partial charge in [-0.05, 0) is 30.0 Å². The van der Waals surface area contributed by atoms with Crippen LogP contribution < -0.4 is 10.1 Å². The van der Waals surface area contributed by atoms with E-state index < -0.39 is 0 Å². The first kappa shape index (κ1) is 15.4. The fourth-order valence-electron chi connectivity index (χ4n) is 2.01. The standard InChI is InChI=1S/C16H20N2O2S/c1-12-8-9-21-15(12)11-18(2)16(19)17-10-13-6-4-5-7-14(13)20-3/h4-9H,10-11H2,1-3H3,(H,17,19). The van der Waals surface area contributed by atoms with Gasteiger partial charge < -0.3 is 15.0 Å². The summed E-state index contributed by atoms with van der Waals surface area (Å²) in [5.41, 5.74) is 2.19. The lowest BCUT2D eigenvalue weighted by atomic mass is 10.2. The molecule has 0 bridgehead atoms. The van der Waals surface area contributed by atoms with Crippen molar-refractivity contribution in [1.29, 1.82) is 0 Å². The number of benzene rings is 1. The average Bonchev–Trinajstić information content (AvgIpc) is 2.90. The van der Waals surface area contributed by atoms with Crippen molar-refractivity contribution < 1.29 is 9.53 Å². The molecule has 4 nitrogen and oxygen atoms in total. The molecule has 0 atom stereocenters. The second-order valence-electron chi connectivity index (χ2n) is 4.85. The largest absolute Gasteiger partial charge is 0.496 e. The summed E-state index contributed by atoms with van der Waals surface area (Å²) < 4.78 is 5.28. The van der Waals surface area contributed by atoms with Gasteiger partial charge in [0, 0.05) is 24.0 Å². The SMILES string of the molecule is COc1ccccc1CNC(=O)N(C)Cc1sccc1C. The van der Waals surface area contributed by atoms with Gasteiger partial charge in [-0.1, -0.05) is 18.2 Å². The molecule has 0 spiro atoms. The van der Waals surface area contributed by atoms with Crippen LogP contribution in [0.25, 0.3) is 0 Å². The molecule has 1 N–H and O–H groups in total. The van der Waals surface area contributed by atoms with E-state index in [9.17, 15) is 4.79 Å². The summed E-state index contributed by atoms with van der Waals surface area (Å²) in [6, 6.07) is 9.66. The number of carbonyl (C=O) groups excluding carboxylic acids is 1. The topological polar surface area (TPSA) is 41.6 Å². The first-order chi connectivity index (χ1) is 10.1. The van der Waals surface area contributed by atoms with Crippen LogP contribution in [-0.4, -0.2) is 25.1 Å². The predicted molar refractivity (Wildman–Crippen MR) is 85.8 cm³/mol. The van der Waals surface area contributed by atoms with Gasteiger partial charge in [0.05, 0.1) is 13.7 Å². The molecule has 0 unspecified atom stereocenters. The minimum atomic E-state index is -0.0892. The number of methoxy groups -OCH3 is 1. The van der Waals surface area contributed by atoms with Gasteiger partial charge in [-0.3, -0.25) is 0 Å². The first-order valence-corrected chi connectivity index (χ1v) is 7.63. The maximum absolute atomic E-state index is 12.1. The highest BCUT2D eigenvalue weighted by Gasteiger charge is 2.11. The van der Waals surface area contributed by atoms with E-state index in [0.717, 1.165) is 11.3 Å². The van der Waals surface area contributed by atoms with Crippen molar-refractivity contribution in [2.45, 2.75) is 20.0 Å². The van der Waals surface area contributed by atoms with Gasteiger partial charge in [0.25, 0.3) is 0 Å². The van der Waals surface area contributed by atoms with Crippen LogP contribution in [0.15, 0.2) is 35.7 Å². The van der Waals surface area contributed by atoms with Crippen LogP contribution in [-0.2, 0) is 13.1 Å². The zero-order valence-electron chi connectivity index (χ0n) is 12.6. The Hall–Kier alpha value is -2.01. The third kappa shape index (κ3) is 3.98. The summed E-state index contributed by atoms with van der Waals surface area (Å²) in [6.07, 6.45) is 0. The number of hydrogen-bond acceptors (Lipinski definition) is 3. The molecule has 0 aliphatic heterocycles. The van der Waals surface area contributed by atoms with Gasteiger partial charge in [0.1, 0.15) is 5.75 Å². The number of ether oxygens (including phenoxy) is 1. The van der Waals surface area contributed by atoms with Gasteiger partial charge in [0.15, 0.2) is 0 Å². The molecule has 0 fully saturated rings. The Bertz CT molecular complexity index is 610. The van der Waals surface area contributed by atoms with E-state index in [-0.39, 0.29) is 6.03 Å². The summed E-state index contributed by atoms with van der Waals surface area (Å²) in [5, 5.41) is 4.96. The maximum atomic E-state index is 12.1. The molecule has 2 aromatic rings. The highest BCUT2D eigenvalue weighted by atomic mass is 32.1. The van der Waals surface area contributed by atoms with Crippen molar-refractivity contribution in [3.8, 4) is 5.75 Å². The minimum Gasteiger partial charge on any atom is -0.496 e. The van der Waals surface area contributed by atoms with Crippen LogP contribution in [0.2, 0.25) is 0 Å². The number of urea groups is 1. The smallest absolute Gasteiger partial charge is 0.317 e. The van der Waals surface area contributed by atoms with E-state index in [1.807, 2.05) is 29.6 Å². The molecule has 2 rings (SSSR count). The number of amides is 2. The molecule has 0 saturated heterocycles. The van der Waals surface area contributed by atoms with Gasteiger partial charge in [-0.2, -0.15) is 0 Å². The number of thiophene rings is 1. The molecule has 21 heavy (non-hydrogen) atoms. The lowest BCUT2D eigenvalue weighted by Crippen LogP contribution is -2.36. The van der Waals surface area contributed by atoms with E-state index in [2.05, 4.69) is 18.3 Å². The third-order valence-corrected chi connectivity index (χ3v) is 4.33. The molecular weight excluding hydrogens is 284 g/mol. The number of aryl methyl sites for hydroxylation is 1. The highest BCUT2D eigenvalue weighted by Crippen LogP contribution is 2.18. The van der Waals surface area contributed by atoms with Crippen LogP contribution >= 0.6 is 11.3 Å². The van der Waals surface area contributed by atoms with Crippen molar-refractivity contribution in [2.24, 2.45) is 0 Å². The molecule has 0 aliphatic rings. The summed E-state index contributed by atoms with van der Waals surface area (Å²) in [4.78, 5) is 15.0. The number of hydrogen-bond donors (Lipinski definition) is 1. The molecule has 0 aliphatic carbocycles. The van der Waals surface area contributed by atoms with Crippen molar-refractivity contribution in [1.82, 2.24) is 10.2 Å². The van der Waals surface area contributed by atoms with Gasteiger partial charge in [-0.25, -0.2) is 4.79 Å². The van der Waals surface area contributed by atoms with Crippen molar-refractivity contribution in [2.75, 3.05) is 14.2 Å². The Balaban J connectivity index is 1.91. The lowest BCUT2D eigenvalue weighted by molar-refractivity contribution is 0.206. The van der Waals surface area contributed by atoms with Gasteiger partial charge >= 0.3 is 6.03 Å². The van der Waals surface area contributed by atoms with Crippen LogP contribution in [0, 0.1) is 6.92 Å². The Morgan fingerprint density at radius 3 is 2.76 bits per heavy atom.